The predicted octanol–water partition coefficient (Wildman–Crippen LogP) is 2.55. The highest BCUT2D eigenvalue weighted by Crippen LogP contribution is 2.10. The first-order valence-electron chi connectivity index (χ1n) is 5.06. The molecule has 0 aliphatic heterocycles. The maximum atomic E-state index is 12.9. The highest BCUT2D eigenvalue weighted by molar-refractivity contribution is 7.07. The van der Waals surface area contributed by atoms with Crippen LogP contribution in [0.3, 0.4) is 0 Å². The average molecular weight is 250 g/mol. The molecule has 2 aromatic heterocycles. The van der Waals surface area contributed by atoms with Gasteiger partial charge in [0.2, 0.25) is 5.95 Å². The summed E-state index contributed by atoms with van der Waals surface area (Å²) in [6.07, 6.45) is 0. The molecule has 0 fully saturated rings. The first kappa shape index (κ1) is 11.7. The van der Waals surface area contributed by atoms with Gasteiger partial charge in [0, 0.05) is 13.6 Å². The standard InChI is InChI=1S/C12H11FN2OS/c1-15(7-9-5-6-17-8-9)12(16)10-3-2-4-11(13)14-10/h2-6,8H,7H2,1H3. The van der Waals surface area contributed by atoms with Gasteiger partial charge >= 0.3 is 0 Å². The van der Waals surface area contributed by atoms with Crippen LogP contribution < -0.4 is 0 Å². The van der Waals surface area contributed by atoms with Gasteiger partial charge in [-0.3, -0.25) is 4.79 Å². The molecule has 5 heteroatoms. The first-order chi connectivity index (χ1) is 8.16. The molecule has 2 aromatic rings. The highest BCUT2D eigenvalue weighted by atomic mass is 32.1. The van der Waals surface area contributed by atoms with E-state index >= 15 is 0 Å². The summed E-state index contributed by atoms with van der Waals surface area (Å²) in [6, 6.07) is 6.16. The summed E-state index contributed by atoms with van der Waals surface area (Å²) in [6.45, 7) is 0.501. The number of amides is 1. The van der Waals surface area contributed by atoms with Crippen molar-refractivity contribution in [1.29, 1.82) is 0 Å². The molecule has 17 heavy (non-hydrogen) atoms. The van der Waals surface area contributed by atoms with E-state index in [9.17, 15) is 9.18 Å². The van der Waals surface area contributed by atoms with E-state index in [4.69, 9.17) is 0 Å². The molecule has 0 radical (unpaired) electrons. The maximum Gasteiger partial charge on any atom is 0.272 e. The number of rotatable bonds is 3. The van der Waals surface area contributed by atoms with Crippen LogP contribution in [0.25, 0.3) is 0 Å². The van der Waals surface area contributed by atoms with Gasteiger partial charge in [-0.1, -0.05) is 6.07 Å². The molecular formula is C12H11FN2OS. The number of carbonyl (C=O) groups is 1. The van der Waals surface area contributed by atoms with Gasteiger partial charge in [0.1, 0.15) is 5.69 Å². The minimum atomic E-state index is -0.639. The summed E-state index contributed by atoms with van der Waals surface area (Å²) in [5.74, 6) is -0.921. The van der Waals surface area contributed by atoms with Crippen molar-refractivity contribution in [2.75, 3.05) is 7.05 Å². The Morgan fingerprint density at radius 3 is 2.94 bits per heavy atom. The van der Waals surface area contributed by atoms with Crippen molar-refractivity contribution in [2.24, 2.45) is 0 Å². The van der Waals surface area contributed by atoms with Gasteiger partial charge < -0.3 is 4.90 Å². The highest BCUT2D eigenvalue weighted by Gasteiger charge is 2.13. The topological polar surface area (TPSA) is 33.2 Å². The minimum Gasteiger partial charge on any atom is -0.336 e. The number of aromatic nitrogens is 1. The fourth-order valence-corrected chi connectivity index (χ4v) is 2.11. The van der Waals surface area contributed by atoms with E-state index in [1.54, 1.807) is 18.4 Å². The zero-order valence-corrected chi connectivity index (χ0v) is 10.1. The Morgan fingerprint density at radius 1 is 1.47 bits per heavy atom. The Morgan fingerprint density at radius 2 is 2.29 bits per heavy atom. The second kappa shape index (κ2) is 5.05. The molecule has 0 aliphatic carbocycles. The second-order valence-electron chi connectivity index (χ2n) is 3.64. The lowest BCUT2D eigenvalue weighted by Gasteiger charge is -2.15. The Bertz CT molecular complexity index is 513. The van der Waals surface area contributed by atoms with E-state index in [0.29, 0.717) is 6.54 Å². The van der Waals surface area contributed by atoms with E-state index in [1.807, 2.05) is 16.8 Å². The van der Waals surface area contributed by atoms with Crippen molar-refractivity contribution in [3.63, 3.8) is 0 Å². The average Bonchev–Trinajstić information content (AvgIpc) is 2.80. The van der Waals surface area contributed by atoms with Crippen molar-refractivity contribution in [3.05, 3.63) is 52.2 Å². The SMILES string of the molecule is CN(Cc1ccsc1)C(=O)c1cccc(F)n1. The van der Waals surface area contributed by atoms with Crippen LogP contribution in [-0.4, -0.2) is 22.8 Å². The summed E-state index contributed by atoms with van der Waals surface area (Å²) in [5, 5.41) is 3.93. The molecular weight excluding hydrogens is 239 g/mol. The van der Waals surface area contributed by atoms with Crippen LogP contribution in [0.15, 0.2) is 35.0 Å². The van der Waals surface area contributed by atoms with E-state index in [-0.39, 0.29) is 11.6 Å². The van der Waals surface area contributed by atoms with Crippen LogP contribution in [-0.2, 0) is 6.54 Å². The molecule has 0 N–H and O–H groups in total. The van der Waals surface area contributed by atoms with E-state index in [2.05, 4.69) is 4.98 Å². The Labute approximate surface area is 103 Å². The lowest BCUT2D eigenvalue weighted by Crippen LogP contribution is -2.26. The van der Waals surface area contributed by atoms with Crippen LogP contribution >= 0.6 is 11.3 Å². The van der Waals surface area contributed by atoms with Crippen LogP contribution in [0.4, 0.5) is 4.39 Å². The lowest BCUT2D eigenvalue weighted by molar-refractivity contribution is 0.0778. The van der Waals surface area contributed by atoms with Gasteiger partial charge in [0.15, 0.2) is 0 Å². The Balaban J connectivity index is 2.09. The van der Waals surface area contributed by atoms with E-state index in [1.165, 1.54) is 23.1 Å². The van der Waals surface area contributed by atoms with Crippen LogP contribution in [0, 0.1) is 5.95 Å². The number of thiophene rings is 1. The fourth-order valence-electron chi connectivity index (χ4n) is 1.45. The normalized spacial score (nSPS) is 10.2. The summed E-state index contributed by atoms with van der Waals surface area (Å²) >= 11 is 1.58. The summed E-state index contributed by atoms with van der Waals surface area (Å²) in [4.78, 5) is 17.0. The smallest absolute Gasteiger partial charge is 0.272 e. The molecule has 2 heterocycles. The first-order valence-corrected chi connectivity index (χ1v) is 6.00. The monoisotopic (exact) mass is 250 g/mol. The van der Waals surface area contributed by atoms with Crippen molar-refractivity contribution in [2.45, 2.75) is 6.54 Å². The van der Waals surface area contributed by atoms with Gasteiger partial charge in [-0.05, 0) is 34.5 Å². The van der Waals surface area contributed by atoms with Gasteiger partial charge in [-0.15, -0.1) is 0 Å². The van der Waals surface area contributed by atoms with Gasteiger partial charge in [-0.25, -0.2) is 4.98 Å². The van der Waals surface area contributed by atoms with Crippen LogP contribution in [0.1, 0.15) is 16.1 Å². The molecule has 0 bridgehead atoms. The third-order valence-corrected chi connectivity index (χ3v) is 3.01. The molecule has 0 unspecified atom stereocenters. The van der Waals surface area contributed by atoms with Crippen LogP contribution in [0.2, 0.25) is 0 Å². The molecule has 0 aliphatic rings. The lowest BCUT2D eigenvalue weighted by atomic mass is 10.3. The zero-order valence-electron chi connectivity index (χ0n) is 9.26. The maximum absolute atomic E-state index is 12.9. The van der Waals surface area contributed by atoms with Crippen LogP contribution in [0.5, 0.6) is 0 Å². The summed E-state index contributed by atoms with van der Waals surface area (Å²) < 4.78 is 12.9. The van der Waals surface area contributed by atoms with Gasteiger partial charge in [-0.2, -0.15) is 15.7 Å². The number of hydrogen-bond acceptors (Lipinski definition) is 3. The van der Waals surface area contributed by atoms with Gasteiger partial charge in [0.05, 0.1) is 0 Å². The summed E-state index contributed by atoms with van der Waals surface area (Å²) in [5.41, 5.74) is 1.19. The predicted molar refractivity (Wildman–Crippen MR) is 64.3 cm³/mol. The molecule has 0 spiro atoms. The Kier molecular flexibility index (Phi) is 3.49. The molecule has 0 saturated carbocycles. The largest absolute Gasteiger partial charge is 0.336 e. The van der Waals surface area contributed by atoms with Gasteiger partial charge in [0.25, 0.3) is 5.91 Å². The molecule has 1 amide bonds. The number of hydrogen-bond donors (Lipinski definition) is 0. The quantitative estimate of drug-likeness (QED) is 0.784. The van der Waals surface area contributed by atoms with E-state index < -0.39 is 5.95 Å². The van der Waals surface area contributed by atoms with E-state index in [0.717, 1.165) is 5.56 Å². The van der Waals surface area contributed by atoms with Crippen molar-refractivity contribution >= 4 is 17.2 Å². The molecule has 0 saturated heterocycles. The molecule has 2 rings (SSSR count). The zero-order chi connectivity index (χ0) is 12.3. The molecule has 88 valence electrons. The number of pyridine rings is 1. The Hall–Kier alpha value is -1.75. The molecule has 3 nitrogen and oxygen atoms in total. The fraction of sp³-hybridized carbons (Fsp3) is 0.167. The minimum absolute atomic E-state index is 0.128. The van der Waals surface area contributed by atoms with Crippen molar-refractivity contribution < 1.29 is 9.18 Å². The third kappa shape index (κ3) is 2.88. The molecule has 0 atom stereocenters. The third-order valence-electron chi connectivity index (χ3n) is 2.28. The number of carbonyl (C=O) groups excluding carboxylic acids is 1. The molecule has 0 aromatic carbocycles. The number of nitrogens with zero attached hydrogens (tertiary/aromatic N) is 2. The number of halogens is 1. The second-order valence-corrected chi connectivity index (χ2v) is 4.42. The summed E-state index contributed by atoms with van der Waals surface area (Å²) in [7, 11) is 1.67. The van der Waals surface area contributed by atoms with Crippen molar-refractivity contribution in [1.82, 2.24) is 9.88 Å². The van der Waals surface area contributed by atoms with Crippen molar-refractivity contribution in [3.8, 4) is 0 Å².